The molecular formula is C12H18N4. The fourth-order valence-corrected chi connectivity index (χ4v) is 2.10. The Labute approximate surface area is 95.5 Å². The lowest BCUT2D eigenvalue weighted by molar-refractivity contribution is 0.486. The summed E-state index contributed by atoms with van der Waals surface area (Å²) >= 11 is 0. The first kappa shape index (κ1) is 10.9. The van der Waals surface area contributed by atoms with E-state index in [0.29, 0.717) is 12.0 Å². The Morgan fingerprint density at radius 2 is 1.94 bits per heavy atom. The molecule has 0 aliphatic heterocycles. The number of pyridine rings is 1. The molecule has 0 radical (unpaired) electrons. The van der Waals surface area contributed by atoms with Gasteiger partial charge in [-0.1, -0.05) is 13.8 Å². The van der Waals surface area contributed by atoms with Crippen molar-refractivity contribution >= 4 is 17.1 Å². The molecule has 0 aliphatic rings. The standard InChI is InChI=1S/C12H18N4/c1-4-9(5-2)16-11-10(15-12(16)13)7-6-8(3)14-11/h6-7,9H,4-5H2,1-3H3,(H2,13,15). The number of hydrogen-bond acceptors (Lipinski definition) is 3. The smallest absolute Gasteiger partial charge is 0.202 e. The molecule has 0 fully saturated rings. The van der Waals surface area contributed by atoms with E-state index in [1.54, 1.807) is 0 Å². The molecule has 2 rings (SSSR count). The van der Waals surface area contributed by atoms with E-state index in [-0.39, 0.29) is 0 Å². The lowest BCUT2D eigenvalue weighted by Gasteiger charge is -2.16. The summed E-state index contributed by atoms with van der Waals surface area (Å²) in [7, 11) is 0. The lowest BCUT2D eigenvalue weighted by Crippen LogP contribution is -2.11. The number of hydrogen-bond donors (Lipinski definition) is 1. The van der Waals surface area contributed by atoms with Gasteiger partial charge in [0.1, 0.15) is 5.52 Å². The van der Waals surface area contributed by atoms with Gasteiger partial charge in [0.05, 0.1) is 0 Å². The van der Waals surface area contributed by atoms with Gasteiger partial charge in [0.2, 0.25) is 5.95 Å². The summed E-state index contributed by atoms with van der Waals surface area (Å²) in [4.78, 5) is 8.88. The quantitative estimate of drug-likeness (QED) is 0.861. The summed E-state index contributed by atoms with van der Waals surface area (Å²) in [5, 5.41) is 0. The van der Waals surface area contributed by atoms with Crippen molar-refractivity contribution in [3.05, 3.63) is 17.8 Å². The number of aryl methyl sites for hydroxylation is 1. The number of imidazole rings is 1. The first-order chi connectivity index (χ1) is 7.67. The van der Waals surface area contributed by atoms with Gasteiger partial charge in [0.15, 0.2) is 5.65 Å². The Kier molecular flexibility index (Phi) is 2.81. The SMILES string of the molecule is CCC(CC)n1c(N)nc2ccc(C)nc21. The summed E-state index contributed by atoms with van der Waals surface area (Å²) in [6.07, 6.45) is 2.09. The molecule has 2 N–H and O–H groups in total. The first-order valence-corrected chi connectivity index (χ1v) is 5.78. The molecule has 0 aliphatic carbocycles. The fraction of sp³-hybridized carbons (Fsp3) is 0.500. The molecule has 4 heteroatoms. The van der Waals surface area contributed by atoms with Crippen LogP contribution in [-0.2, 0) is 0 Å². The van der Waals surface area contributed by atoms with Gasteiger partial charge in [0, 0.05) is 11.7 Å². The Hall–Kier alpha value is -1.58. The van der Waals surface area contributed by atoms with Crippen molar-refractivity contribution in [3.8, 4) is 0 Å². The minimum Gasteiger partial charge on any atom is -0.369 e. The number of nitrogen functional groups attached to an aromatic ring is 1. The van der Waals surface area contributed by atoms with Crippen LogP contribution < -0.4 is 5.73 Å². The Bertz CT molecular complexity index is 497. The zero-order valence-electron chi connectivity index (χ0n) is 10.1. The maximum Gasteiger partial charge on any atom is 0.202 e. The molecule has 0 aromatic carbocycles. The van der Waals surface area contributed by atoms with Crippen molar-refractivity contribution in [2.75, 3.05) is 5.73 Å². The van der Waals surface area contributed by atoms with Gasteiger partial charge in [-0.2, -0.15) is 0 Å². The molecule has 0 saturated heterocycles. The van der Waals surface area contributed by atoms with E-state index in [4.69, 9.17) is 5.73 Å². The van der Waals surface area contributed by atoms with Crippen molar-refractivity contribution in [3.63, 3.8) is 0 Å². The number of anilines is 1. The van der Waals surface area contributed by atoms with Crippen molar-refractivity contribution < 1.29 is 0 Å². The third-order valence-electron chi connectivity index (χ3n) is 3.01. The van der Waals surface area contributed by atoms with Gasteiger partial charge in [-0.25, -0.2) is 9.97 Å². The molecule has 2 aromatic rings. The number of fused-ring (bicyclic) bond motifs is 1. The summed E-state index contributed by atoms with van der Waals surface area (Å²) < 4.78 is 2.06. The van der Waals surface area contributed by atoms with Crippen molar-refractivity contribution in [1.29, 1.82) is 0 Å². The van der Waals surface area contributed by atoms with Crippen molar-refractivity contribution in [1.82, 2.24) is 14.5 Å². The zero-order valence-corrected chi connectivity index (χ0v) is 10.1. The van der Waals surface area contributed by atoms with Gasteiger partial charge in [0.25, 0.3) is 0 Å². The average Bonchev–Trinajstić information content (AvgIpc) is 2.58. The van der Waals surface area contributed by atoms with E-state index in [1.807, 2.05) is 19.1 Å². The molecule has 0 amide bonds. The van der Waals surface area contributed by atoms with Crippen LogP contribution in [0, 0.1) is 6.92 Å². The normalized spacial score (nSPS) is 11.5. The van der Waals surface area contributed by atoms with E-state index >= 15 is 0 Å². The van der Waals surface area contributed by atoms with Gasteiger partial charge in [-0.05, 0) is 31.9 Å². The minimum absolute atomic E-state index is 0.388. The first-order valence-electron chi connectivity index (χ1n) is 5.78. The molecule has 4 nitrogen and oxygen atoms in total. The van der Waals surface area contributed by atoms with Crippen molar-refractivity contribution in [2.45, 2.75) is 39.7 Å². The monoisotopic (exact) mass is 218 g/mol. The van der Waals surface area contributed by atoms with E-state index in [9.17, 15) is 0 Å². The third-order valence-corrected chi connectivity index (χ3v) is 3.01. The van der Waals surface area contributed by atoms with Crippen LogP contribution in [0.15, 0.2) is 12.1 Å². The molecule has 86 valence electrons. The van der Waals surface area contributed by atoms with E-state index in [1.165, 1.54) is 0 Å². The molecule has 0 unspecified atom stereocenters. The third kappa shape index (κ3) is 1.64. The Morgan fingerprint density at radius 1 is 1.25 bits per heavy atom. The topological polar surface area (TPSA) is 56.7 Å². The second-order valence-corrected chi connectivity index (χ2v) is 4.11. The van der Waals surface area contributed by atoms with Gasteiger partial charge in [-0.3, -0.25) is 4.57 Å². The van der Waals surface area contributed by atoms with E-state index in [0.717, 1.165) is 29.7 Å². The molecule has 16 heavy (non-hydrogen) atoms. The average molecular weight is 218 g/mol. The molecule has 2 aromatic heterocycles. The van der Waals surface area contributed by atoms with E-state index < -0.39 is 0 Å². The lowest BCUT2D eigenvalue weighted by atomic mass is 10.1. The van der Waals surface area contributed by atoms with E-state index in [2.05, 4.69) is 28.4 Å². The second kappa shape index (κ2) is 4.12. The van der Waals surface area contributed by atoms with Gasteiger partial charge >= 0.3 is 0 Å². The summed E-state index contributed by atoms with van der Waals surface area (Å²) in [5.74, 6) is 0.571. The van der Waals surface area contributed by atoms with Crippen molar-refractivity contribution in [2.24, 2.45) is 0 Å². The maximum absolute atomic E-state index is 5.97. The van der Waals surface area contributed by atoms with Crippen LogP contribution in [0.4, 0.5) is 5.95 Å². The van der Waals surface area contributed by atoms with Crippen LogP contribution in [0.3, 0.4) is 0 Å². The van der Waals surface area contributed by atoms with Crippen LogP contribution in [0.5, 0.6) is 0 Å². The largest absolute Gasteiger partial charge is 0.369 e. The van der Waals surface area contributed by atoms with Crippen LogP contribution in [0.2, 0.25) is 0 Å². The molecule has 0 saturated carbocycles. The van der Waals surface area contributed by atoms with Crippen LogP contribution in [0.1, 0.15) is 38.4 Å². The maximum atomic E-state index is 5.97. The predicted molar refractivity (Wildman–Crippen MR) is 66.3 cm³/mol. The highest BCUT2D eigenvalue weighted by Gasteiger charge is 2.15. The molecule has 0 spiro atoms. The summed E-state index contributed by atoms with van der Waals surface area (Å²) in [5.41, 5.74) is 8.76. The van der Waals surface area contributed by atoms with Gasteiger partial charge < -0.3 is 5.73 Å². The number of rotatable bonds is 3. The second-order valence-electron chi connectivity index (χ2n) is 4.11. The highest BCUT2D eigenvalue weighted by atomic mass is 15.2. The summed E-state index contributed by atoms with van der Waals surface area (Å²) in [6.45, 7) is 6.31. The van der Waals surface area contributed by atoms with Crippen LogP contribution in [0.25, 0.3) is 11.2 Å². The van der Waals surface area contributed by atoms with Gasteiger partial charge in [-0.15, -0.1) is 0 Å². The molecule has 0 bridgehead atoms. The number of nitrogens with zero attached hydrogens (tertiary/aromatic N) is 3. The van der Waals surface area contributed by atoms with Crippen LogP contribution in [-0.4, -0.2) is 14.5 Å². The molecular weight excluding hydrogens is 200 g/mol. The summed E-state index contributed by atoms with van der Waals surface area (Å²) in [6, 6.07) is 4.33. The Morgan fingerprint density at radius 3 is 2.56 bits per heavy atom. The molecule has 0 atom stereocenters. The predicted octanol–water partition coefficient (Wildman–Crippen LogP) is 2.68. The molecule has 2 heterocycles. The highest BCUT2D eigenvalue weighted by Crippen LogP contribution is 2.25. The number of nitrogens with two attached hydrogens (primary N) is 1. The van der Waals surface area contributed by atoms with Crippen LogP contribution >= 0.6 is 0 Å². The Balaban J connectivity index is 2.66. The fourth-order valence-electron chi connectivity index (χ4n) is 2.10. The minimum atomic E-state index is 0.388. The number of aromatic nitrogens is 3. The zero-order chi connectivity index (χ0) is 11.7. The highest BCUT2D eigenvalue weighted by molar-refractivity contribution is 5.74.